The molecule has 0 atom stereocenters. The molecule has 0 radical (unpaired) electrons. The van der Waals surface area contributed by atoms with Gasteiger partial charge in [-0.25, -0.2) is 9.78 Å². The first kappa shape index (κ1) is 18.4. The summed E-state index contributed by atoms with van der Waals surface area (Å²) in [6, 6.07) is 2.06. The van der Waals surface area contributed by atoms with E-state index in [2.05, 4.69) is 27.0 Å². The summed E-state index contributed by atoms with van der Waals surface area (Å²) >= 11 is 1.50. The Morgan fingerprint density at radius 1 is 1.28 bits per heavy atom. The summed E-state index contributed by atoms with van der Waals surface area (Å²) < 4.78 is 15.7. The van der Waals surface area contributed by atoms with Crippen LogP contribution in [0.4, 0.5) is 10.5 Å². The molecule has 2 aromatic rings. The van der Waals surface area contributed by atoms with Crippen LogP contribution in [0.1, 0.15) is 17.0 Å². The molecular formula is C20H22N4O4S. The first-order valence-electron chi connectivity index (χ1n) is 9.68. The number of hydrogen-bond acceptors (Lipinski definition) is 8. The standard InChI is InChI=1S/C20H22N4O4S/c1-26-19-22-17(12-29-19)13-8-15-16(9-13)21-3-2-18(15)23-4-6-24(7-5-23)20(25)28-14-10-27-11-14/h2-3,8,12,14H,4-7,9-11H2,1H3. The van der Waals surface area contributed by atoms with E-state index in [1.807, 2.05) is 11.6 Å². The lowest BCUT2D eigenvalue weighted by Gasteiger charge is -2.37. The van der Waals surface area contributed by atoms with E-state index in [0.717, 1.165) is 47.7 Å². The first-order valence-corrected chi connectivity index (χ1v) is 10.6. The quantitative estimate of drug-likeness (QED) is 0.760. The van der Waals surface area contributed by atoms with Crippen LogP contribution in [0.25, 0.3) is 11.6 Å². The van der Waals surface area contributed by atoms with E-state index in [1.54, 1.807) is 12.0 Å². The molecule has 2 saturated heterocycles. The van der Waals surface area contributed by atoms with Crippen molar-refractivity contribution in [2.45, 2.75) is 12.5 Å². The highest BCUT2D eigenvalue weighted by molar-refractivity contribution is 7.11. The van der Waals surface area contributed by atoms with Gasteiger partial charge in [0.15, 0.2) is 6.10 Å². The molecule has 152 valence electrons. The Morgan fingerprint density at radius 3 is 2.79 bits per heavy atom. The zero-order valence-electron chi connectivity index (χ0n) is 16.2. The van der Waals surface area contributed by atoms with Gasteiger partial charge in [-0.2, -0.15) is 0 Å². The van der Waals surface area contributed by atoms with Crippen LogP contribution >= 0.6 is 11.3 Å². The van der Waals surface area contributed by atoms with E-state index in [4.69, 9.17) is 14.2 Å². The maximum atomic E-state index is 12.3. The molecule has 1 aliphatic carbocycles. The Kier molecular flexibility index (Phi) is 4.84. The highest BCUT2D eigenvalue weighted by Crippen LogP contribution is 2.37. The minimum atomic E-state index is -0.238. The lowest BCUT2D eigenvalue weighted by Crippen LogP contribution is -2.51. The summed E-state index contributed by atoms with van der Waals surface area (Å²) in [4.78, 5) is 25.4. The largest absolute Gasteiger partial charge is 0.473 e. The molecule has 2 aliphatic heterocycles. The second kappa shape index (κ2) is 7.64. The monoisotopic (exact) mass is 414 g/mol. The Morgan fingerprint density at radius 2 is 2.10 bits per heavy atom. The molecule has 4 heterocycles. The molecule has 2 aromatic heterocycles. The minimum absolute atomic E-state index is 0.0862. The molecule has 0 N–H and O–H groups in total. The number of carbonyl (C=O) groups is 1. The van der Waals surface area contributed by atoms with Gasteiger partial charge in [0.25, 0.3) is 5.19 Å². The van der Waals surface area contributed by atoms with Crippen molar-refractivity contribution in [1.29, 1.82) is 0 Å². The van der Waals surface area contributed by atoms with Gasteiger partial charge >= 0.3 is 6.09 Å². The number of carbonyl (C=O) groups excluding carboxylic acids is 1. The number of nitrogens with zero attached hydrogens (tertiary/aromatic N) is 4. The van der Waals surface area contributed by atoms with Gasteiger partial charge in [0, 0.05) is 55.4 Å². The smallest absolute Gasteiger partial charge is 0.410 e. The van der Waals surface area contributed by atoms with Gasteiger partial charge in [0.1, 0.15) is 0 Å². The molecule has 1 amide bonds. The molecule has 0 saturated carbocycles. The van der Waals surface area contributed by atoms with E-state index < -0.39 is 0 Å². The molecule has 0 bridgehead atoms. The van der Waals surface area contributed by atoms with Crippen molar-refractivity contribution < 1.29 is 19.0 Å². The number of allylic oxidation sites excluding steroid dienone is 1. The minimum Gasteiger partial charge on any atom is -0.473 e. The van der Waals surface area contributed by atoms with Crippen molar-refractivity contribution >= 4 is 34.8 Å². The SMILES string of the molecule is COc1nc(C2=Cc3c(N4CCN(C(=O)OC5COC5)CC4)ccnc3C2)cs1. The van der Waals surface area contributed by atoms with Gasteiger partial charge in [-0.05, 0) is 17.7 Å². The maximum Gasteiger partial charge on any atom is 0.410 e. The fourth-order valence-corrected chi connectivity index (χ4v) is 4.44. The van der Waals surface area contributed by atoms with E-state index in [1.165, 1.54) is 11.3 Å². The molecule has 29 heavy (non-hydrogen) atoms. The van der Waals surface area contributed by atoms with E-state index in [0.29, 0.717) is 31.5 Å². The van der Waals surface area contributed by atoms with Gasteiger partial charge in [-0.3, -0.25) is 4.98 Å². The predicted molar refractivity (Wildman–Crippen MR) is 109 cm³/mol. The van der Waals surface area contributed by atoms with Gasteiger partial charge in [-0.15, -0.1) is 0 Å². The number of anilines is 1. The van der Waals surface area contributed by atoms with Crippen molar-refractivity contribution in [3.05, 3.63) is 34.6 Å². The fourth-order valence-electron chi connectivity index (χ4n) is 3.78. The molecule has 8 nitrogen and oxygen atoms in total. The molecule has 5 rings (SSSR count). The molecule has 0 aromatic carbocycles. The summed E-state index contributed by atoms with van der Waals surface area (Å²) in [5.74, 6) is 0. The third-order valence-corrected chi connectivity index (χ3v) is 6.27. The summed E-state index contributed by atoms with van der Waals surface area (Å²) in [5.41, 5.74) is 5.48. The predicted octanol–water partition coefficient (Wildman–Crippen LogP) is 2.30. The summed E-state index contributed by atoms with van der Waals surface area (Å²) in [6.07, 6.45) is 4.49. The number of amides is 1. The van der Waals surface area contributed by atoms with Crippen LogP contribution in [-0.4, -0.2) is 73.6 Å². The van der Waals surface area contributed by atoms with Crippen LogP contribution in [0.5, 0.6) is 5.19 Å². The molecule has 9 heteroatoms. The van der Waals surface area contributed by atoms with Crippen molar-refractivity contribution in [2.75, 3.05) is 51.4 Å². The molecular weight excluding hydrogens is 392 g/mol. The Bertz CT molecular complexity index is 948. The van der Waals surface area contributed by atoms with Crippen LogP contribution in [0.15, 0.2) is 17.6 Å². The summed E-state index contributed by atoms with van der Waals surface area (Å²) in [7, 11) is 1.63. The number of hydrogen-bond donors (Lipinski definition) is 0. The second-order valence-electron chi connectivity index (χ2n) is 7.26. The van der Waals surface area contributed by atoms with E-state index >= 15 is 0 Å². The molecule has 3 aliphatic rings. The highest BCUT2D eigenvalue weighted by atomic mass is 32.1. The van der Waals surface area contributed by atoms with Gasteiger partial charge in [-0.1, -0.05) is 11.3 Å². The third-order valence-electron chi connectivity index (χ3n) is 5.47. The van der Waals surface area contributed by atoms with Crippen molar-refractivity contribution in [3.8, 4) is 5.19 Å². The Hall–Kier alpha value is -2.65. The van der Waals surface area contributed by atoms with Gasteiger partial charge < -0.3 is 24.0 Å². The fraction of sp³-hybridized carbons (Fsp3) is 0.450. The lowest BCUT2D eigenvalue weighted by atomic mass is 10.1. The number of ether oxygens (including phenoxy) is 3. The molecule has 0 spiro atoms. The van der Waals surface area contributed by atoms with E-state index in [-0.39, 0.29) is 12.2 Å². The van der Waals surface area contributed by atoms with Gasteiger partial charge in [0.05, 0.1) is 31.7 Å². The zero-order chi connectivity index (χ0) is 19.8. The third kappa shape index (κ3) is 3.56. The average molecular weight is 414 g/mol. The van der Waals surface area contributed by atoms with Crippen molar-refractivity contribution in [1.82, 2.24) is 14.9 Å². The zero-order valence-corrected chi connectivity index (χ0v) is 17.0. The van der Waals surface area contributed by atoms with Gasteiger partial charge in [0.2, 0.25) is 0 Å². The van der Waals surface area contributed by atoms with Crippen LogP contribution in [0.2, 0.25) is 0 Å². The number of rotatable bonds is 4. The Balaban J connectivity index is 1.28. The lowest BCUT2D eigenvalue weighted by molar-refractivity contribution is -0.104. The molecule has 0 unspecified atom stereocenters. The van der Waals surface area contributed by atoms with Crippen LogP contribution in [-0.2, 0) is 15.9 Å². The van der Waals surface area contributed by atoms with Crippen LogP contribution < -0.4 is 9.64 Å². The van der Waals surface area contributed by atoms with E-state index in [9.17, 15) is 4.79 Å². The number of piperazine rings is 1. The normalized spacial score (nSPS) is 18.9. The van der Waals surface area contributed by atoms with Crippen LogP contribution in [0.3, 0.4) is 0 Å². The number of fused-ring (bicyclic) bond motifs is 1. The van der Waals surface area contributed by atoms with Crippen molar-refractivity contribution in [2.24, 2.45) is 0 Å². The maximum absolute atomic E-state index is 12.3. The first-order chi connectivity index (χ1) is 14.2. The highest BCUT2D eigenvalue weighted by Gasteiger charge is 2.29. The second-order valence-corrected chi connectivity index (χ2v) is 8.08. The molecule has 2 fully saturated rings. The van der Waals surface area contributed by atoms with Crippen molar-refractivity contribution in [3.63, 3.8) is 0 Å². The number of aromatic nitrogens is 2. The summed E-state index contributed by atoms with van der Waals surface area (Å²) in [5, 5.41) is 2.69. The number of thiazole rings is 1. The Labute approximate surface area is 172 Å². The average Bonchev–Trinajstić information content (AvgIpc) is 3.37. The number of methoxy groups -OCH3 is 1. The topological polar surface area (TPSA) is 77.0 Å². The van der Waals surface area contributed by atoms with Crippen LogP contribution in [0, 0.1) is 0 Å². The summed E-state index contributed by atoms with van der Waals surface area (Å²) in [6.45, 7) is 3.83. The number of pyridine rings is 1.